The van der Waals surface area contributed by atoms with Crippen LogP contribution in [0.2, 0.25) is 0 Å². The predicted octanol–water partition coefficient (Wildman–Crippen LogP) is 2.05. The molecule has 0 bridgehead atoms. The van der Waals surface area contributed by atoms with Gasteiger partial charge in [0.15, 0.2) is 0 Å². The van der Waals surface area contributed by atoms with Crippen LogP contribution in [-0.4, -0.2) is 66.9 Å². The summed E-state index contributed by atoms with van der Waals surface area (Å²) in [4.78, 5) is 28.0. The minimum Gasteiger partial charge on any atom is -0.406 e. The van der Waals surface area contributed by atoms with Crippen molar-refractivity contribution >= 4 is 11.8 Å². The summed E-state index contributed by atoms with van der Waals surface area (Å²) >= 11 is 0. The van der Waals surface area contributed by atoms with E-state index in [4.69, 9.17) is 4.74 Å². The zero-order chi connectivity index (χ0) is 18.7. The molecule has 0 aromatic heterocycles. The molecular formula is C17H19F3N2O4. The maximum absolute atomic E-state index is 12.5. The van der Waals surface area contributed by atoms with Gasteiger partial charge in [-0.25, -0.2) is 0 Å². The van der Waals surface area contributed by atoms with Gasteiger partial charge in [0.1, 0.15) is 11.9 Å². The zero-order valence-corrected chi connectivity index (χ0v) is 14.0. The second-order valence-corrected chi connectivity index (χ2v) is 6.19. The number of hydrogen-bond acceptors (Lipinski definition) is 4. The molecule has 6 nitrogen and oxygen atoms in total. The van der Waals surface area contributed by atoms with E-state index in [2.05, 4.69) is 4.74 Å². The fourth-order valence-electron chi connectivity index (χ4n) is 3.09. The van der Waals surface area contributed by atoms with Gasteiger partial charge in [0, 0.05) is 38.3 Å². The molecule has 2 aliphatic rings. The fourth-order valence-corrected chi connectivity index (χ4v) is 3.09. The number of amides is 2. The molecule has 0 N–H and O–H groups in total. The minimum absolute atomic E-state index is 0.0387. The molecule has 2 aliphatic heterocycles. The third-order valence-electron chi connectivity index (χ3n) is 4.42. The number of piperazine rings is 1. The van der Waals surface area contributed by atoms with Crippen LogP contribution in [0.3, 0.4) is 0 Å². The molecule has 3 rings (SSSR count). The molecule has 0 saturated carbocycles. The van der Waals surface area contributed by atoms with Gasteiger partial charge in [-0.1, -0.05) is 0 Å². The molecule has 0 radical (unpaired) electrons. The van der Waals surface area contributed by atoms with Gasteiger partial charge in [0.25, 0.3) is 11.8 Å². The van der Waals surface area contributed by atoms with E-state index in [1.54, 1.807) is 9.80 Å². The highest BCUT2D eigenvalue weighted by Crippen LogP contribution is 2.23. The van der Waals surface area contributed by atoms with Gasteiger partial charge in [-0.05, 0) is 37.1 Å². The Hall–Kier alpha value is -2.29. The summed E-state index contributed by atoms with van der Waals surface area (Å²) in [6.45, 7) is 2.18. The fraction of sp³-hybridized carbons (Fsp3) is 0.529. The Morgan fingerprint density at radius 1 is 1.04 bits per heavy atom. The van der Waals surface area contributed by atoms with Gasteiger partial charge >= 0.3 is 6.36 Å². The van der Waals surface area contributed by atoms with Crippen molar-refractivity contribution in [2.75, 3.05) is 32.8 Å². The second kappa shape index (κ2) is 7.53. The van der Waals surface area contributed by atoms with Crippen LogP contribution in [0.1, 0.15) is 23.2 Å². The smallest absolute Gasteiger partial charge is 0.406 e. The van der Waals surface area contributed by atoms with E-state index < -0.39 is 6.36 Å². The Labute approximate surface area is 148 Å². The summed E-state index contributed by atoms with van der Waals surface area (Å²) in [5.41, 5.74) is 0.276. The number of hydrogen-bond donors (Lipinski definition) is 0. The number of rotatable bonds is 3. The normalized spacial score (nSPS) is 21.0. The largest absolute Gasteiger partial charge is 0.573 e. The van der Waals surface area contributed by atoms with Gasteiger partial charge in [-0.2, -0.15) is 0 Å². The topological polar surface area (TPSA) is 59.1 Å². The van der Waals surface area contributed by atoms with E-state index in [1.165, 1.54) is 12.1 Å². The first-order valence-corrected chi connectivity index (χ1v) is 8.39. The standard InChI is InChI=1S/C17H19F3N2O4/c18-17(19,20)26-13-5-3-12(4-6-13)15(23)21-7-9-22(10-8-21)16(24)14-2-1-11-25-14/h3-6,14H,1-2,7-11H2/t14-/m0/s1. The molecule has 1 atom stereocenters. The first-order chi connectivity index (χ1) is 12.3. The molecule has 0 unspecified atom stereocenters. The van der Waals surface area contributed by atoms with Crippen molar-refractivity contribution in [1.29, 1.82) is 0 Å². The molecule has 26 heavy (non-hydrogen) atoms. The molecule has 9 heteroatoms. The summed E-state index contributed by atoms with van der Waals surface area (Å²) in [6, 6.07) is 4.82. The van der Waals surface area contributed by atoms with Crippen molar-refractivity contribution in [3.8, 4) is 5.75 Å². The van der Waals surface area contributed by atoms with Crippen molar-refractivity contribution in [1.82, 2.24) is 9.80 Å². The van der Waals surface area contributed by atoms with E-state index in [0.717, 1.165) is 25.0 Å². The molecule has 142 valence electrons. The van der Waals surface area contributed by atoms with Crippen LogP contribution in [0, 0.1) is 0 Å². The van der Waals surface area contributed by atoms with E-state index in [0.29, 0.717) is 32.8 Å². The second-order valence-electron chi connectivity index (χ2n) is 6.19. The SMILES string of the molecule is O=C(c1ccc(OC(F)(F)F)cc1)N1CCN(C(=O)[C@@H]2CCCO2)CC1. The highest BCUT2D eigenvalue weighted by Gasteiger charge is 2.32. The lowest BCUT2D eigenvalue weighted by atomic mass is 10.1. The average molecular weight is 372 g/mol. The Morgan fingerprint density at radius 2 is 1.65 bits per heavy atom. The van der Waals surface area contributed by atoms with Crippen molar-refractivity contribution < 1.29 is 32.2 Å². The van der Waals surface area contributed by atoms with Crippen molar-refractivity contribution in [2.24, 2.45) is 0 Å². The minimum atomic E-state index is -4.77. The molecule has 2 fully saturated rings. The molecule has 0 aliphatic carbocycles. The number of nitrogens with zero attached hydrogens (tertiary/aromatic N) is 2. The van der Waals surface area contributed by atoms with Gasteiger partial charge in [0.2, 0.25) is 0 Å². The molecule has 2 saturated heterocycles. The summed E-state index contributed by atoms with van der Waals surface area (Å²) in [5.74, 6) is -0.697. The zero-order valence-electron chi connectivity index (χ0n) is 14.0. The lowest BCUT2D eigenvalue weighted by molar-refractivity contribution is -0.274. The third-order valence-corrected chi connectivity index (χ3v) is 4.42. The summed E-state index contributed by atoms with van der Waals surface area (Å²) in [6.07, 6.45) is -3.54. The van der Waals surface area contributed by atoms with Crippen molar-refractivity contribution in [3.63, 3.8) is 0 Å². The lowest BCUT2D eigenvalue weighted by Crippen LogP contribution is -2.52. The highest BCUT2D eigenvalue weighted by molar-refractivity contribution is 5.94. The number of halogens is 3. The molecule has 1 aromatic carbocycles. The highest BCUT2D eigenvalue weighted by atomic mass is 19.4. The van der Waals surface area contributed by atoms with Crippen LogP contribution in [0.25, 0.3) is 0 Å². The summed E-state index contributed by atoms with van der Waals surface area (Å²) in [7, 11) is 0. The van der Waals surface area contributed by atoms with E-state index in [-0.39, 0.29) is 29.2 Å². The number of benzene rings is 1. The van der Waals surface area contributed by atoms with Crippen LogP contribution in [0.4, 0.5) is 13.2 Å². The Morgan fingerprint density at radius 3 is 2.19 bits per heavy atom. The Balaban J connectivity index is 1.54. The lowest BCUT2D eigenvalue weighted by Gasteiger charge is -2.35. The van der Waals surface area contributed by atoms with Crippen LogP contribution < -0.4 is 4.74 Å². The van der Waals surface area contributed by atoms with Gasteiger partial charge in [0.05, 0.1) is 0 Å². The molecular weight excluding hydrogens is 353 g/mol. The van der Waals surface area contributed by atoms with Gasteiger partial charge in [-0.3, -0.25) is 9.59 Å². The van der Waals surface area contributed by atoms with Crippen LogP contribution in [-0.2, 0) is 9.53 Å². The number of carbonyl (C=O) groups is 2. The molecule has 1 aromatic rings. The van der Waals surface area contributed by atoms with E-state index in [9.17, 15) is 22.8 Å². The molecule has 0 spiro atoms. The maximum Gasteiger partial charge on any atom is 0.573 e. The summed E-state index contributed by atoms with van der Waals surface area (Å²) in [5, 5.41) is 0. The summed E-state index contributed by atoms with van der Waals surface area (Å²) < 4.78 is 45.7. The number of carbonyl (C=O) groups excluding carboxylic acids is 2. The van der Waals surface area contributed by atoms with Crippen LogP contribution in [0.15, 0.2) is 24.3 Å². The van der Waals surface area contributed by atoms with Crippen LogP contribution in [0.5, 0.6) is 5.75 Å². The van der Waals surface area contributed by atoms with Crippen molar-refractivity contribution in [3.05, 3.63) is 29.8 Å². The van der Waals surface area contributed by atoms with E-state index in [1.807, 2.05) is 0 Å². The average Bonchev–Trinajstić information content (AvgIpc) is 3.14. The predicted molar refractivity (Wildman–Crippen MR) is 84.6 cm³/mol. The first kappa shape index (κ1) is 18.5. The third kappa shape index (κ3) is 4.46. The quantitative estimate of drug-likeness (QED) is 0.815. The first-order valence-electron chi connectivity index (χ1n) is 8.39. The van der Waals surface area contributed by atoms with Crippen LogP contribution >= 0.6 is 0 Å². The van der Waals surface area contributed by atoms with Gasteiger partial charge < -0.3 is 19.3 Å². The van der Waals surface area contributed by atoms with Gasteiger partial charge in [-0.15, -0.1) is 13.2 Å². The van der Waals surface area contributed by atoms with E-state index >= 15 is 0 Å². The Bertz CT molecular complexity index is 649. The Kier molecular flexibility index (Phi) is 5.36. The number of ether oxygens (including phenoxy) is 2. The number of alkyl halides is 3. The molecule has 2 amide bonds. The molecule has 2 heterocycles. The monoisotopic (exact) mass is 372 g/mol. The maximum atomic E-state index is 12.5. The van der Waals surface area contributed by atoms with Crippen molar-refractivity contribution in [2.45, 2.75) is 25.3 Å².